The van der Waals surface area contributed by atoms with Crippen LogP contribution < -0.4 is 0 Å². The monoisotopic (exact) mass is 287 g/mol. The first-order chi connectivity index (χ1) is 9.17. The van der Waals surface area contributed by atoms with Gasteiger partial charge in [-0.3, -0.25) is 4.90 Å². The Bertz CT molecular complexity index is 327. The second-order valence-corrected chi connectivity index (χ2v) is 5.42. The molecule has 1 aliphatic rings. The van der Waals surface area contributed by atoms with Crippen molar-refractivity contribution >= 4 is 23.7 Å². The molecule has 0 aromatic carbocycles. The molecule has 0 spiro atoms. The third-order valence-corrected chi connectivity index (χ3v) is 3.95. The molecule has 0 bridgehead atoms. The number of carbonyl (C=O) groups excluding carboxylic acids is 2. The Balaban J connectivity index is 2.33. The summed E-state index contributed by atoms with van der Waals surface area (Å²) in [6.45, 7) is 4.54. The summed E-state index contributed by atoms with van der Waals surface area (Å²) < 4.78 is 9.56. The Morgan fingerprint density at radius 1 is 1.26 bits per heavy atom. The summed E-state index contributed by atoms with van der Waals surface area (Å²) in [4.78, 5) is 24.6. The number of methoxy groups -OCH3 is 1. The van der Waals surface area contributed by atoms with Crippen LogP contribution in [0.1, 0.15) is 13.3 Å². The van der Waals surface area contributed by atoms with Gasteiger partial charge < -0.3 is 9.47 Å². The van der Waals surface area contributed by atoms with Gasteiger partial charge in [-0.05, 0) is 6.42 Å². The van der Waals surface area contributed by atoms with E-state index >= 15 is 0 Å². The van der Waals surface area contributed by atoms with Gasteiger partial charge >= 0.3 is 11.9 Å². The number of nitrogens with zero attached hydrogens (tertiary/aromatic N) is 1. The molecule has 19 heavy (non-hydrogen) atoms. The summed E-state index contributed by atoms with van der Waals surface area (Å²) in [7, 11) is 1.26. The molecule has 108 valence electrons. The number of hydrogen-bond acceptors (Lipinski definition) is 6. The summed E-state index contributed by atoms with van der Waals surface area (Å²) in [6, 6.07) is 0.261. The van der Waals surface area contributed by atoms with Crippen LogP contribution in [0.25, 0.3) is 0 Å². The maximum atomic E-state index is 11.4. The van der Waals surface area contributed by atoms with Crippen molar-refractivity contribution in [2.24, 2.45) is 0 Å². The molecule has 1 saturated heterocycles. The number of rotatable bonds is 6. The van der Waals surface area contributed by atoms with E-state index in [1.807, 2.05) is 11.8 Å². The fourth-order valence-electron chi connectivity index (χ4n) is 1.85. The topological polar surface area (TPSA) is 55.8 Å². The van der Waals surface area contributed by atoms with Crippen molar-refractivity contribution in [3.63, 3.8) is 0 Å². The highest BCUT2D eigenvalue weighted by molar-refractivity contribution is 7.99. The minimum Gasteiger partial charge on any atom is -0.466 e. The van der Waals surface area contributed by atoms with Gasteiger partial charge in [-0.1, -0.05) is 6.92 Å². The van der Waals surface area contributed by atoms with Gasteiger partial charge in [0.15, 0.2) is 0 Å². The molecule has 0 aromatic rings. The van der Waals surface area contributed by atoms with Crippen LogP contribution >= 0.6 is 11.8 Å². The van der Waals surface area contributed by atoms with Crippen molar-refractivity contribution in [3.8, 4) is 0 Å². The normalized spacial score (nSPS) is 18.2. The zero-order valence-corrected chi connectivity index (χ0v) is 12.3. The Hall–Kier alpha value is -1.01. The summed E-state index contributed by atoms with van der Waals surface area (Å²) in [5.41, 5.74) is 0. The summed E-state index contributed by atoms with van der Waals surface area (Å²) in [5.74, 6) is 1.20. The summed E-state index contributed by atoms with van der Waals surface area (Å²) >= 11 is 1.95. The first-order valence-electron chi connectivity index (χ1n) is 6.42. The van der Waals surface area contributed by atoms with Gasteiger partial charge in [0.05, 0.1) is 7.11 Å². The fourth-order valence-corrected chi connectivity index (χ4v) is 2.79. The van der Waals surface area contributed by atoms with Crippen LogP contribution in [0.4, 0.5) is 0 Å². The molecule has 6 heteroatoms. The maximum absolute atomic E-state index is 11.4. The average Bonchev–Trinajstić information content (AvgIpc) is 2.46. The van der Waals surface area contributed by atoms with Gasteiger partial charge in [-0.15, -0.1) is 0 Å². The largest absolute Gasteiger partial charge is 0.466 e. The molecule has 1 atom stereocenters. The van der Waals surface area contributed by atoms with Crippen molar-refractivity contribution in [2.45, 2.75) is 19.4 Å². The molecular formula is C13H21NO4S. The summed E-state index contributed by atoms with van der Waals surface area (Å²) in [5, 5.41) is 0. The van der Waals surface area contributed by atoms with E-state index in [9.17, 15) is 9.59 Å². The minimum absolute atomic E-state index is 0.261. The van der Waals surface area contributed by atoms with E-state index in [0.29, 0.717) is 6.61 Å². The van der Waals surface area contributed by atoms with Crippen LogP contribution in [-0.4, -0.2) is 61.2 Å². The summed E-state index contributed by atoms with van der Waals surface area (Å²) in [6.07, 6.45) is 3.12. The number of esters is 2. The van der Waals surface area contributed by atoms with Crippen LogP contribution in [0.5, 0.6) is 0 Å². The third-order valence-electron chi connectivity index (χ3n) is 3.01. The van der Waals surface area contributed by atoms with E-state index in [0.717, 1.165) is 43.2 Å². The van der Waals surface area contributed by atoms with Gasteiger partial charge in [0.1, 0.15) is 6.61 Å². The molecule has 1 fully saturated rings. The molecule has 0 saturated carbocycles. The highest BCUT2D eigenvalue weighted by Crippen LogP contribution is 2.14. The number of ether oxygens (including phenoxy) is 2. The molecule has 0 radical (unpaired) electrons. The second-order valence-electron chi connectivity index (χ2n) is 4.20. The van der Waals surface area contributed by atoms with Gasteiger partial charge in [0, 0.05) is 42.8 Å². The quantitative estimate of drug-likeness (QED) is 0.538. The molecule has 0 aromatic heterocycles. The predicted octanol–water partition coefficient (Wildman–Crippen LogP) is 1.09. The van der Waals surface area contributed by atoms with Crippen LogP contribution in [0, 0.1) is 0 Å². The Labute approximate surface area is 118 Å². The highest BCUT2D eigenvalue weighted by atomic mass is 32.2. The first-order valence-corrected chi connectivity index (χ1v) is 7.57. The molecule has 1 aliphatic heterocycles. The van der Waals surface area contributed by atoms with Gasteiger partial charge in [0.2, 0.25) is 0 Å². The van der Waals surface area contributed by atoms with Gasteiger partial charge in [0.25, 0.3) is 0 Å². The molecule has 1 unspecified atom stereocenters. The Morgan fingerprint density at radius 2 is 1.89 bits per heavy atom. The van der Waals surface area contributed by atoms with Crippen molar-refractivity contribution in [1.82, 2.24) is 4.90 Å². The van der Waals surface area contributed by atoms with E-state index in [-0.39, 0.29) is 6.04 Å². The average molecular weight is 287 g/mol. The van der Waals surface area contributed by atoms with Crippen molar-refractivity contribution in [3.05, 3.63) is 12.2 Å². The van der Waals surface area contributed by atoms with Crippen molar-refractivity contribution in [2.75, 3.05) is 38.3 Å². The molecular weight excluding hydrogens is 266 g/mol. The zero-order valence-electron chi connectivity index (χ0n) is 11.5. The van der Waals surface area contributed by atoms with Crippen LogP contribution in [0.15, 0.2) is 12.2 Å². The van der Waals surface area contributed by atoms with Gasteiger partial charge in [-0.25, -0.2) is 9.59 Å². The van der Waals surface area contributed by atoms with E-state index < -0.39 is 11.9 Å². The lowest BCUT2D eigenvalue weighted by Crippen LogP contribution is -2.43. The van der Waals surface area contributed by atoms with Crippen LogP contribution in [0.2, 0.25) is 0 Å². The molecule has 0 N–H and O–H groups in total. The number of hydrogen-bond donors (Lipinski definition) is 0. The standard InChI is InChI=1S/C13H21NO4S/c1-3-11(14-6-8-19-9-7-14)10-18-13(16)5-4-12(15)17-2/h4-5,11H,3,6-10H2,1-2H3. The Morgan fingerprint density at radius 3 is 2.47 bits per heavy atom. The minimum atomic E-state index is -0.558. The smallest absolute Gasteiger partial charge is 0.331 e. The molecule has 1 rings (SSSR count). The van der Waals surface area contributed by atoms with E-state index in [1.54, 1.807) is 0 Å². The third kappa shape index (κ3) is 6.11. The van der Waals surface area contributed by atoms with Crippen molar-refractivity contribution in [1.29, 1.82) is 0 Å². The zero-order chi connectivity index (χ0) is 14.1. The van der Waals surface area contributed by atoms with Gasteiger partial charge in [-0.2, -0.15) is 11.8 Å². The fraction of sp³-hybridized carbons (Fsp3) is 0.692. The number of thioether (sulfide) groups is 1. The van der Waals surface area contributed by atoms with E-state index in [4.69, 9.17) is 4.74 Å². The van der Waals surface area contributed by atoms with Crippen LogP contribution in [0.3, 0.4) is 0 Å². The molecule has 1 heterocycles. The first kappa shape index (κ1) is 16.0. The van der Waals surface area contributed by atoms with Crippen LogP contribution in [-0.2, 0) is 19.1 Å². The lowest BCUT2D eigenvalue weighted by molar-refractivity contribution is -0.140. The Kier molecular flexibility index (Phi) is 7.59. The van der Waals surface area contributed by atoms with E-state index in [1.165, 1.54) is 7.11 Å². The lowest BCUT2D eigenvalue weighted by Gasteiger charge is -2.33. The second kappa shape index (κ2) is 8.98. The van der Waals surface area contributed by atoms with Crippen molar-refractivity contribution < 1.29 is 19.1 Å². The molecule has 0 aliphatic carbocycles. The molecule has 0 amide bonds. The van der Waals surface area contributed by atoms with E-state index in [2.05, 4.69) is 16.6 Å². The lowest BCUT2D eigenvalue weighted by atomic mass is 10.2. The SMILES string of the molecule is CCC(COC(=O)C=CC(=O)OC)N1CCSCC1. The number of carbonyl (C=O) groups is 2. The highest BCUT2D eigenvalue weighted by Gasteiger charge is 2.20. The predicted molar refractivity (Wildman–Crippen MR) is 75.1 cm³/mol. The molecule has 5 nitrogen and oxygen atoms in total. The maximum Gasteiger partial charge on any atom is 0.331 e.